The lowest BCUT2D eigenvalue weighted by molar-refractivity contribution is 0.529. The molecule has 0 amide bonds. The van der Waals surface area contributed by atoms with Gasteiger partial charge < -0.3 is 10.2 Å². The number of hydrogen-bond acceptors (Lipinski definition) is 5. The fourth-order valence-corrected chi connectivity index (χ4v) is 2.91. The average molecular weight is 314 g/mol. The Bertz CT molecular complexity index is 683. The van der Waals surface area contributed by atoms with E-state index in [0.29, 0.717) is 11.1 Å². The van der Waals surface area contributed by atoms with E-state index in [0.717, 1.165) is 37.3 Å². The lowest BCUT2D eigenvalue weighted by Crippen LogP contribution is -2.42. The molecule has 1 fully saturated rings. The molecule has 2 aromatic heterocycles. The third-order valence-electron chi connectivity index (χ3n) is 3.75. The topological polar surface area (TPSA) is 64.8 Å². The molecule has 3 rings (SSSR count). The molecule has 0 saturated carbocycles. The standard InChI is InChI=1S/C16H16ClN5/c17-15-7-13(9-20-16(15)8-18)21-12-3-2-6-22(11-12)14-4-1-5-19-10-14/h1,4-5,7,9-10,12,21H,2-3,6,11H2/t12-/m1/s1. The van der Waals surface area contributed by atoms with Crippen molar-refractivity contribution in [2.75, 3.05) is 23.3 Å². The highest BCUT2D eigenvalue weighted by molar-refractivity contribution is 6.31. The van der Waals surface area contributed by atoms with Gasteiger partial charge in [0, 0.05) is 25.3 Å². The molecule has 0 unspecified atom stereocenters. The first-order valence-electron chi connectivity index (χ1n) is 7.23. The van der Waals surface area contributed by atoms with Gasteiger partial charge in [0.15, 0.2) is 5.69 Å². The van der Waals surface area contributed by atoms with Gasteiger partial charge in [-0.2, -0.15) is 5.26 Å². The average Bonchev–Trinajstić information content (AvgIpc) is 2.56. The molecule has 1 aliphatic heterocycles. The van der Waals surface area contributed by atoms with Crippen LogP contribution in [0, 0.1) is 11.3 Å². The smallest absolute Gasteiger partial charge is 0.159 e. The lowest BCUT2D eigenvalue weighted by atomic mass is 10.0. The molecule has 5 nitrogen and oxygen atoms in total. The monoisotopic (exact) mass is 313 g/mol. The fourth-order valence-electron chi connectivity index (χ4n) is 2.71. The Labute approximate surface area is 134 Å². The maximum absolute atomic E-state index is 8.86. The molecular formula is C16H16ClN5. The maximum Gasteiger partial charge on any atom is 0.159 e. The Morgan fingerprint density at radius 2 is 2.32 bits per heavy atom. The molecule has 1 N–H and O–H groups in total. The number of rotatable bonds is 3. The number of aromatic nitrogens is 2. The van der Waals surface area contributed by atoms with Crippen LogP contribution in [0.3, 0.4) is 0 Å². The number of nitrogens with one attached hydrogen (secondary N) is 1. The van der Waals surface area contributed by atoms with Crippen molar-refractivity contribution in [2.24, 2.45) is 0 Å². The van der Waals surface area contributed by atoms with Gasteiger partial charge in [-0.25, -0.2) is 4.98 Å². The van der Waals surface area contributed by atoms with Crippen LogP contribution in [0.4, 0.5) is 11.4 Å². The second-order valence-electron chi connectivity index (χ2n) is 5.31. The fraction of sp³-hybridized carbons (Fsp3) is 0.312. The minimum atomic E-state index is 0.257. The van der Waals surface area contributed by atoms with Crippen molar-refractivity contribution in [1.82, 2.24) is 9.97 Å². The van der Waals surface area contributed by atoms with Crippen LogP contribution in [0.1, 0.15) is 18.5 Å². The molecule has 0 aliphatic carbocycles. The number of pyridine rings is 2. The van der Waals surface area contributed by atoms with Crippen LogP contribution >= 0.6 is 11.6 Å². The lowest BCUT2D eigenvalue weighted by Gasteiger charge is -2.35. The number of nitrogens with zero attached hydrogens (tertiary/aromatic N) is 4. The molecule has 1 atom stereocenters. The Kier molecular flexibility index (Phi) is 4.40. The van der Waals surface area contributed by atoms with E-state index in [-0.39, 0.29) is 5.69 Å². The van der Waals surface area contributed by atoms with Gasteiger partial charge in [-0.05, 0) is 31.0 Å². The van der Waals surface area contributed by atoms with E-state index in [2.05, 4.69) is 26.3 Å². The van der Waals surface area contributed by atoms with Crippen LogP contribution in [0.2, 0.25) is 5.02 Å². The summed E-state index contributed by atoms with van der Waals surface area (Å²) in [5, 5.41) is 12.7. The molecule has 112 valence electrons. The molecule has 1 aliphatic rings. The normalized spacial score (nSPS) is 17.8. The molecule has 3 heterocycles. The summed E-state index contributed by atoms with van der Waals surface area (Å²) in [4.78, 5) is 10.6. The summed E-state index contributed by atoms with van der Waals surface area (Å²) < 4.78 is 0. The van der Waals surface area contributed by atoms with E-state index in [1.54, 1.807) is 18.5 Å². The van der Waals surface area contributed by atoms with Gasteiger partial charge in [-0.15, -0.1) is 0 Å². The molecule has 0 radical (unpaired) electrons. The van der Waals surface area contributed by atoms with E-state index in [1.165, 1.54) is 0 Å². The Balaban J connectivity index is 1.68. The van der Waals surface area contributed by atoms with Gasteiger partial charge in [0.25, 0.3) is 0 Å². The molecule has 0 bridgehead atoms. The summed E-state index contributed by atoms with van der Waals surface area (Å²) in [5.74, 6) is 0. The quantitative estimate of drug-likeness (QED) is 0.943. The van der Waals surface area contributed by atoms with Crippen molar-refractivity contribution in [3.8, 4) is 6.07 Å². The predicted octanol–water partition coefficient (Wildman–Crippen LogP) is 3.08. The first-order chi connectivity index (χ1) is 10.8. The third kappa shape index (κ3) is 3.29. The second-order valence-corrected chi connectivity index (χ2v) is 5.71. The molecule has 22 heavy (non-hydrogen) atoms. The predicted molar refractivity (Wildman–Crippen MR) is 87.1 cm³/mol. The first kappa shape index (κ1) is 14.6. The largest absolute Gasteiger partial charge is 0.379 e. The minimum absolute atomic E-state index is 0.257. The Morgan fingerprint density at radius 3 is 3.05 bits per heavy atom. The van der Waals surface area contributed by atoms with Crippen molar-refractivity contribution < 1.29 is 0 Å². The number of anilines is 2. The highest BCUT2D eigenvalue weighted by Crippen LogP contribution is 2.23. The summed E-state index contributed by atoms with van der Waals surface area (Å²) >= 11 is 6.03. The van der Waals surface area contributed by atoms with Crippen LogP contribution in [0.5, 0.6) is 0 Å². The maximum atomic E-state index is 8.86. The van der Waals surface area contributed by atoms with Crippen molar-refractivity contribution in [3.05, 3.63) is 47.5 Å². The van der Waals surface area contributed by atoms with Gasteiger partial charge in [-0.3, -0.25) is 4.98 Å². The number of hydrogen-bond donors (Lipinski definition) is 1. The summed E-state index contributed by atoms with van der Waals surface area (Å²) in [6.45, 7) is 1.94. The molecule has 6 heteroatoms. The molecular weight excluding hydrogens is 298 g/mol. The van der Waals surface area contributed by atoms with E-state index >= 15 is 0 Å². The Hall–Kier alpha value is -2.32. The Morgan fingerprint density at radius 1 is 1.41 bits per heavy atom. The number of piperidine rings is 1. The number of halogens is 1. The first-order valence-corrected chi connectivity index (χ1v) is 7.61. The van der Waals surface area contributed by atoms with Crippen molar-refractivity contribution in [1.29, 1.82) is 5.26 Å². The van der Waals surface area contributed by atoms with E-state index in [1.807, 2.05) is 18.3 Å². The zero-order valence-corrected chi connectivity index (χ0v) is 12.8. The zero-order valence-electron chi connectivity index (χ0n) is 12.0. The summed E-state index contributed by atoms with van der Waals surface area (Å²) in [6, 6.07) is 8.08. The van der Waals surface area contributed by atoms with Crippen LogP contribution in [0.25, 0.3) is 0 Å². The van der Waals surface area contributed by atoms with Crippen LogP contribution in [0.15, 0.2) is 36.8 Å². The van der Waals surface area contributed by atoms with E-state index in [4.69, 9.17) is 16.9 Å². The van der Waals surface area contributed by atoms with Crippen molar-refractivity contribution >= 4 is 23.0 Å². The highest BCUT2D eigenvalue weighted by Gasteiger charge is 2.20. The SMILES string of the molecule is N#Cc1ncc(N[C@@H]2CCCN(c3cccnc3)C2)cc1Cl. The van der Waals surface area contributed by atoms with Crippen LogP contribution in [-0.4, -0.2) is 29.1 Å². The number of nitriles is 1. The molecule has 1 saturated heterocycles. The third-order valence-corrected chi connectivity index (χ3v) is 4.04. The summed E-state index contributed by atoms with van der Waals surface area (Å²) in [5.41, 5.74) is 2.25. The molecule has 2 aromatic rings. The minimum Gasteiger partial charge on any atom is -0.379 e. The van der Waals surface area contributed by atoms with E-state index < -0.39 is 0 Å². The summed E-state index contributed by atoms with van der Waals surface area (Å²) in [7, 11) is 0. The van der Waals surface area contributed by atoms with Crippen molar-refractivity contribution in [2.45, 2.75) is 18.9 Å². The van der Waals surface area contributed by atoms with Crippen LogP contribution in [-0.2, 0) is 0 Å². The van der Waals surface area contributed by atoms with Crippen LogP contribution < -0.4 is 10.2 Å². The second kappa shape index (κ2) is 6.63. The molecule has 0 aromatic carbocycles. The van der Waals surface area contributed by atoms with Gasteiger partial charge in [0.05, 0.1) is 28.8 Å². The van der Waals surface area contributed by atoms with Gasteiger partial charge in [0.1, 0.15) is 6.07 Å². The molecule has 0 spiro atoms. The van der Waals surface area contributed by atoms with Gasteiger partial charge in [-0.1, -0.05) is 11.6 Å². The highest BCUT2D eigenvalue weighted by atomic mass is 35.5. The summed E-state index contributed by atoms with van der Waals surface area (Å²) in [6.07, 6.45) is 7.54. The van der Waals surface area contributed by atoms with E-state index in [9.17, 15) is 0 Å². The van der Waals surface area contributed by atoms with Gasteiger partial charge in [0.2, 0.25) is 0 Å². The van der Waals surface area contributed by atoms with Gasteiger partial charge >= 0.3 is 0 Å². The van der Waals surface area contributed by atoms with Crippen molar-refractivity contribution in [3.63, 3.8) is 0 Å². The zero-order chi connectivity index (χ0) is 15.4.